The first-order valence-electron chi connectivity index (χ1n) is 5.09. The Morgan fingerprint density at radius 1 is 1.56 bits per heavy atom. The topological polar surface area (TPSA) is 69.0 Å². The molecule has 1 amide bonds. The fourth-order valence-corrected chi connectivity index (χ4v) is 1.71. The summed E-state index contributed by atoms with van der Waals surface area (Å²) >= 11 is 0. The van der Waals surface area contributed by atoms with E-state index in [0.29, 0.717) is 24.5 Å². The van der Waals surface area contributed by atoms with Crippen LogP contribution in [0.4, 0.5) is 5.82 Å². The number of nitrogens with zero attached hydrogens (tertiary/aromatic N) is 3. The van der Waals surface area contributed by atoms with Gasteiger partial charge in [-0.2, -0.15) is 5.26 Å². The molecule has 0 aromatic carbocycles. The van der Waals surface area contributed by atoms with Gasteiger partial charge in [-0.05, 0) is 19.1 Å². The molecule has 16 heavy (non-hydrogen) atoms. The molecule has 0 radical (unpaired) electrons. The van der Waals surface area contributed by atoms with Crippen molar-refractivity contribution in [1.82, 2.24) is 10.3 Å². The van der Waals surface area contributed by atoms with Crippen LogP contribution in [-0.2, 0) is 4.79 Å². The predicted octanol–water partition coefficient (Wildman–Crippen LogP) is 0.198. The molecule has 0 aliphatic carbocycles. The maximum Gasteiger partial charge on any atom is 0.239 e. The van der Waals surface area contributed by atoms with Crippen LogP contribution in [0.1, 0.15) is 11.3 Å². The van der Waals surface area contributed by atoms with E-state index in [9.17, 15) is 4.79 Å². The van der Waals surface area contributed by atoms with Gasteiger partial charge in [0.05, 0.1) is 18.2 Å². The quantitative estimate of drug-likeness (QED) is 0.728. The van der Waals surface area contributed by atoms with E-state index >= 15 is 0 Å². The first kappa shape index (κ1) is 10.4. The molecule has 1 aliphatic heterocycles. The molecule has 0 spiro atoms. The normalized spacial score (nSPS) is 15.5. The molecule has 2 rings (SSSR count). The molecule has 1 aliphatic rings. The van der Waals surface area contributed by atoms with Gasteiger partial charge in [0, 0.05) is 18.8 Å². The molecule has 1 aromatic heterocycles. The average molecular weight is 216 g/mol. The number of piperazine rings is 1. The van der Waals surface area contributed by atoms with Gasteiger partial charge in [0.2, 0.25) is 5.91 Å². The lowest BCUT2D eigenvalue weighted by Crippen LogP contribution is -2.48. The Hall–Kier alpha value is -2.09. The van der Waals surface area contributed by atoms with E-state index in [0.717, 1.165) is 12.2 Å². The molecule has 5 nitrogen and oxygen atoms in total. The third kappa shape index (κ3) is 2.11. The molecule has 1 fully saturated rings. The Morgan fingerprint density at radius 3 is 3.06 bits per heavy atom. The predicted molar refractivity (Wildman–Crippen MR) is 58.9 cm³/mol. The van der Waals surface area contributed by atoms with Gasteiger partial charge in [-0.15, -0.1) is 0 Å². The summed E-state index contributed by atoms with van der Waals surface area (Å²) < 4.78 is 0. The van der Waals surface area contributed by atoms with Gasteiger partial charge < -0.3 is 10.2 Å². The summed E-state index contributed by atoms with van der Waals surface area (Å²) in [5, 5.41) is 11.6. The van der Waals surface area contributed by atoms with E-state index in [1.54, 1.807) is 12.1 Å². The number of nitrogens with one attached hydrogen (secondary N) is 1. The van der Waals surface area contributed by atoms with Crippen LogP contribution in [0.2, 0.25) is 0 Å². The van der Waals surface area contributed by atoms with Crippen molar-refractivity contribution in [2.45, 2.75) is 6.92 Å². The number of carbonyl (C=O) groups excluding carboxylic acids is 1. The van der Waals surface area contributed by atoms with Crippen LogP contribution in [0.15, 0.2) is 12.1 Å². The van der Waals surface area contributed by atoms with Crippen LogP contribution < -0.4 is 10.2 Å². The molecular formula is C11H12N4O. The highest BCUT2D eigenvalue weighted by Crippen LogP contribution is 2.15. The van der Waals surface area contributed by atoms with Gasteiger partial charge in [-0.3, -0.25) is 4.79 Å². The molecule has 0 unspecified atom stereocenters. The summed E-state index contributed by atoms with van der Waals surface area (Å²) in [6, 6.07) is 5.53. The Labute approximate surface area is 93.7 Å². The molecule has 5 heteroatoms. The second-order valence-electron chi connectivity index (χ2n) is 3.74. The SMILES string of the molecule is Cc1cc(C#N)cc(N2CCNC(=O)C2)n1. The van der Waals surface area contributed by atoms with Gasteiger partial charge >= 0.3 is 0 Å². The number of rotatable bonds is 1. The van der Waals surface area contributed by atoms with E-state index in [-0.39, 0.29) is 5.91 Å². The van der Waals surface area contributed by atoms with Crippen LogP contribution in [0, 0.1) is 18.3 Å². The van der Waals surface area contributed by atoms with Crippen molar-refractivity contribution in [3.63, 3.8) is 0 Å². The largest absolute Gasteiger partial charge is 0.353 e. The summed E-state index contributed by atoms with van der Waals surface area (Å²) in [5.74, 6) is 0.694. The number of aromatic nitrogens is 1. The monoisotopic (exact) mass is 216 g/mol. The summed E-state index contributed by atoms with van der Waals surface area (Å²) in [7, 11) is 0. The van der Waals surface area contributed by atoms with E-state index in [1.165, 1.54) is 0 Å². The van der Waals surface area contributed by atoms with Crippen molar-refractivity contribution in [3.05, 3.63) is 23.4 Å². The van der Waals surface area contributed by atoms with E-state index in [2.05, 4.69) is 16.4 Å². The molecule has 1 saturated heterocycles. The number of carbonyl (C=O) groups is 1. The van der Waals surface area contributed by atoms with Crippen molar-refractivity contribution in [2.75, 3.05) is 24.5 Å². The van der Waals surface area contributed by atoms with Crippen molar-refractivity contribution in [1.29, 1.82) is 5.26 Å². The molecule has 1 N–H and O–H groups in total. The number of nitriles is 1. The molecule has 0 saturated carbocycles. The molecule has 2 heterocycles. The van der Waals surface area contributed by atoms with Crippen LogP contribution in [0.3, 0.4) is 0 Å². The lowest BCUT2D eigenvalue weighted by molar-refractivity contribution is -0.120. The van der Waals surface area contributed by atoms with E-state index in [1.807, 2.05) is 11.8 Å². The van der Waals surface area contributed by atoms with Crippen molar-refractivity contribution in [3.8, 4) is 6.07 Å². The number of aryl methyl sites for hydroxylation is 1. The molecule has 0 atom stereocenters. The van der Waals surface area contributed by atoms with Crippen LogP contribution >= 0.6 is 0 Å². The minimum atomic E-state index is -0.00642. The fraction of sp³-hybridized carbons (Fsp3) is 0.364. The molecule has 82 valence electrons. The lowest BCUT2D eigenvalue weighted by atomic mass is 10.2. The smallest absolute Gasteiger partial charge is 0.239 e. The molecular weight excluding hydrogens is 204 g/mol. The highest BCUT2D eigenvalue weighted by molar-refractivity contribution is 5.82. The van der Waals surface area contributed by atoms with Gasteiger partial charge in [0.15, 0.2) is 0 Å². The standard InChI is InChI=1S/C11H12N4O/c1-8-4-9(6-12)5-10(14-8)15-3-2-13-11(16)7-15/h4-5H,2-3,7H2,1H3,(H,13,16). The minimum Gasteiger partial charge on any atom is -0.353 e. The van der Waals surface area contributed by atoms with E-state index in [4.69, 9.17) is 5.26 Å². The van der Waals surface area contributed by atoms with E-state index < -0.39 is 0 Å². The number of hydrogen-bond acceptors (Lipinski definition) is 4. The maximum absolute atomic E-state index is 11.2. The number of hydrogen-bond donors (Lipinski definition) is 1. The van der Waals surface area contributed by atoms with Gasteiger partial charge in [0.25, 0.3) is 0 Å². The fourth-order valence-electron chi connectivity index (χ4n) is 1.71. The van der Waals surface area contributed by atoms with Crippen molar-refractivity contribution >= 4 is 11.7 Å². The Kier molecular flexibility index (Phi) is 2.73. The van der Waals surface area contributed by atoms with Crippen LogP contribution in [0.5, 0.6) is 0 Å². The minimum absolute atomic E-state index is 0.00642. The zero-order valence-electron chi connectivity index (χ0n) is 9.03. The summed E-state index contributed by atoms with van der Waals surface area (Å²) in [5.41, 5.74) is 1.37. The highest BCUT2D eigenvalue weighted by atomic mass is 16.2. The van der Waals surface area contributed by atoms with Crippen molar-refractivity contribution < 1.29 is 4.79 Å². The number of amides is 1. The zero-order valence-corrected chi connectivity index (χ0v) is 9.03. The Balaban J connectivity index is 2.29. The van der Waals surface area contributed by atoms with Crippen molar-refractivity contribution in [2.24, 2.45) is 0 Å². The third-order valence-electron chi connectivity index (χ3n) is 2.43. The lowest BCUT2D eigenvalue weighted by Gasteiger charge is -2.27. The Bertz CT molecular complexity index is 464. The Morgan fingerprint density at radius 2 is 2.38 bits per heavy atom. The average Bonchev–Trinajstić information content (AvgIpc) is 2.28. The van der Waals surface area contributed by atoms with Gasteiger partial charge in [0.1, 0.15) is 5.82 Å². The highest BCUT2D eigenvalue weighted by Gasteiger charge is 2.17. The molecule has 1 aromatic rings. The summed E-state index contributed by atoms with van der Waals surface area (Å²) in [6.07, 6.45) is 0. The summed E-state index contributed by atoms with van der Waals surface area (Å²) in [4.78, 5) is 17.5. The second kappa shape index (κ2) is 4.19. The van der Waals surface area contributed by atoms with Gasteiger partial charge in [-0.1, -0.05) is 0 Å². The number of pyridine rings is 1. The third-order valence-corrected chi connectivity index (χ3v) is 2.43. The first-order valence-corrected chi connectivity index (χ1v) is 5.09. The summed E-state index contributed by atoms with van der Waals surface area (Å²) in [6.45, 7) is 3.50. The van der Waals surface area contributed by atoms with Gasteiger partial charge in [-0.25, -0.2) is 4.98 Å². The van der Waals surface area contributed by atoms with Crippen LogP contribution in [-0.4, -0.2) is 30.5 Å². The second-order valence-corrected chi connectivity index (χ2v) is 3.74. The number of anilines is 1. The molecule has 0 bridgehead atoms. The van der Waals surface area contributed by atoms with Crippen LogP contribution in [0.25, 0.3) is 0 Å². The first-order chi connectivity index (χ1) is 7.69. The maximum atomic E-state index is 11.2. The zero-order chi connectivity index (χ0) is 11.5.